The summed E-state index contributed by atoms with van der Waals surface area (Å²) in [4.78, 5) is 1.54. The van der Waals surface area contributed by atoms with Crippen molar-refractivity contribution in [1.82, 2.24) is 15.0 Å². The molecule has 1 heterocycles. The van der Waals surface area contributed by atoms with Gasteiger partial charge in [-0.3, -0.25) is 0 Å². The van der Waals surface area contributed by atoms with Crippen LogP contribution in [-0.2, 0) is 14.7 Å². The molecule has 0 aliphatic rings. The summed E-state index contributed by atoms with van der Waals surface area (Å²) in [6.45, 7) is 19.9. The van der Waals surface area contributed by atoms with Crippen LogP contribution >= 0.6 is 0 Å². The Morgan fingerprint density at radius 3 is 1.91 bits per heavy atom. The molecule has 0 unspecified atom stereocenters. The minimum absolute atomic E-state index is 0.244. The summed E-state index contributed by atoms with van der Waals surface area (Å²) in [6, 6.07) is 12.6. The maximum absolute atomic E-state index is 11.2. The van der Waals surface area contributed by atoms with Crippen LogP contribution in [0.25, 0.3) is 16.7 Å². The number of hydrogen-bond donors (Lipinski definition) is 1. The molecule has 2 aromatic carbocycles. The standard InChI is InChI=1S/C24H39N3O3Si3/c1-18-14-20(15-19(2)17-33(9,29-31(3,4)5)30-32(6,7)8)24(28)23(16-18)27-25-21-12-10-11-13-22(21)26-27/h10-14,16,19,28H,15,17H2,1-9H3/t19-/m1/s1. The Hall–Kier alpha value is -1.79. The van der Waals surface area contributed by atoms with Gasteiger partial charge in [0.15, 0.2) is 16.6 Å². The van der Waals surface area contributed by atoms with E-state index in [1.54, 1.807) is 4.80 Å². The first-order valence-corrected chi connectivity index (χ1v) is 21.0. The molecule has 0 bridgehead atoms. The lowest BCUT2D eigenvalue weighted by molar-refractivity contribution is 0.368. The van der Waals surface area contributed by atoms with Gasteiger partial charge < -0.3 is 13.3 Å². The molecular weight excluding hydrogens is 463 g/mol. The van der Waals surface area contributed by atoms with Crippen molar-refractivity contribution in [3.05, 3.63) is 47.5 Å². The first-order valence-electron chi connectivity index (χ1n) is 11.7. The number of aryl methyl sites for hydroxylation is 1. The van der Waals surface area contributed by atoms with E-state index in [2.05, 4.69) is 69.0 Å². The van der Waals surface area contributed by atoms with Gasteiger partial charge in [-0.05, 0) is 100 Å². The van der Waals surface area contributed by atoms with E-state index in [0.29, 0.717) is 11.6 Å². The molecule has 1 N–H and O–H groups in total. The minimum atomic E-state index is -2.36. The minimum Gasteiger partial charge on any atom is -0.505 e. The fraction of sp³-hybridized carbons (Fsp3) is 0.500. The summed E-state index contributed by atoms with van der Waals surface area (Å²) < 4.78 is 13.4. The fourth-order valence-electron chi connectivity index (χ4n) is 4.59. The van der Waals surface area contributed by atoms with Gasteiger partial charge in [0.05, 0.1) is 0 Å². The number of aromatic nitrogens is 3. The number of rotatable bonds is 9. The van der Waals surface area contributed by atoms with Crippen LogP contribution in [0.15, 0.2) is 36.4 Å². The van der Waals surface area contributed by atoms with Crippen molar-refractivity contribution in [3.8, 4) is 11.4 Å². The number of nitrogens with zero attached hydrogens (tertiary/aromatic N) is 3. The fourth-order valence-corrected chi connectivity index (χ4v) is 17.6. The molecule has 3 rings (SSSR count). The summed E-state index contributed by atoms with van der Waals surface area (Å²) in [6.07, 6.45) is 0.744. The van der Waals surface area contributed by atoms with E-state index < -0.39 is 25.2 Å². The van der Waals surface area contributed by atoms with E-state index >= 15 is 0 Å². The Bertz CT molecular complexity index is 1070. The molecule has 9 heteroatoms. The molecule has 0 saturated heterocycles. The highest BCUT2D eigenvalue weighted by Crippen LogP contribution is 2.33. The second-order valence-corrected chi connectivity index (χ2v) is 24.1. The highest BCUT2D eigenvalue weighted by Gasteiger charge is 2.41. The van der Waals surface area contributed by atoms with Crippen LogP contribution in [0.5, 0.6) is 5.75 Å². The van der Waals surface area contributed by atoms with Crippen molar-refractivity contribution in [3.63, 3.8) is 0 Å². The zero-order valence-corrected chi connectivity index (χ0v) is 24.6. The van der Waals surface area contributed by atoms with Crippen LogP contribution in [0.1, 0.15) is 18.1 Å². The van der Waals surface area contributed by atoms with Crippen molar-refractivity contribution >= 4 is 36.2 Å². The highest BCUT2D eigenvalue weighted by molar-refractivity contribution is 6.87. The predicted molar refractivity (Wildman–Crippen MR) is 143 cm³/mol. The number of phenols is 1. The van der Waals surface area contributed by atoms with Crippen molar-refractivity contribution < 1.29 is 13.3 Å². The molecule has 6 nitrogen and oxygen atoms in total. The van der Waals surface area contributed by atoms with E-state index in [1.807, 2.05) is 37.3 Å². The third-order valence-electron chi connectivity index (χ3n) is 5.15. The van der Waals surface area contributed by atoms with Gasteiger partial charge in [0.2, 0.25) is 0 Å². The summed E-state index contributed by atoms with van der Waals surface area (Å²) >= 11 is 0. The molecule has 0 spiro atoms. The average Bonchev–Trinajstić information content (AvgIpc) is 3.04. The number of benzene rings is 2. The first kappa shape index (κ1) is 25.8. The molecule has 1 aromatic heterocycles. The highest BCUT2D eigenvalue weighted by atomic mass is 28.5. The van der Waals surface area contributed by atoms with Gasteiger partial charge in [-0.25, -0.2) is 0 Å². The van der Waals surface area contributed by atoms with Crippen LogP contribution in [0.3, 0.4) is 0 Å². The lowest BCUT2D eigenvalue weighted by Crippen LogP contribution is -2.53. The Morgan fingerprint density at radius 2 is 1.42 bits per heavy atom. The van der Waals surface area contributed by atoms with E-state index in [1.165, 1.54) is 0 Å². The molecule has 0 aliphatic carbocycles. The van der Waals surface area contributed by atoms with Crippen LogP contribution in [0.2, 0.25) is 51.9 Å². The molecule has 0 fully saturated rings. The Kier molecular flexibility index (Phi) is 7.40. The molecule has 33 heavy (non-hydrogen) atoms. The third kappa shape index (κ3) is 7.10. The van der Waals surface area contributed by atoms with Crippen LogP contribution in [0.4, 0.5) is 0 Å². The molecule has 3 aromatic rings. The molecule has 0 aliphatic heterocycles. The SMILES string of the molecule is Cc1cc(C[C@@H](C)C[Si](C)(O[Si](C)(C)C)O[Si](C)(C)C)c(O)c(-n2nc3ccccc3n2)c1. The van der Waals surface area contributed by atoms with Crippen molar-refractivity contribution in [2.24, 2.45) is 5.92 Å². The summed E-state index contributed by atoms with van der Waals surface area (Å²) in [5.74, 6) is 0.549. The lowest BCUT2D eigenvalue weighted by Gasteiger charge is -2.39. The zero-order valence-electron chi connectivity index (χ0n) is 21.6. The molecular formula is C24H39N3O3Si3. The molecule has 0 saturated carbocycles. The Morgan fingerprint density at radius 1 is 0.909 bits per heavy atom. The number of aromatic hydroxyl groups is 1. The van der Waals surface area contributed by atoms with Crippen LogP contribution in [0, 0.1) is 12.8 Å². The quantitative estimate of drug-likeness (QED) is 0.344. The van der Waals surface area contributed by atoms with Crippen LogP contribution in [-0.4, -0.2) is 45.3 Å². The maximum atomic E-state index is 11.2. The van der Waals surface area contributed by atoms with Gasteiger partial charge in [-0.2, -0.15) is 0 Å². The number of phenolic OH excluding ortho intramolecular Hbond substituents is 1. The zero-order chi connectivity index (χ0) is 24.6. The molecule has 0 radical (unpaired) electrons. The molecule has 1 atom stereocenters. The predicted octanol–water partition coefficient (Wildman–Crippen LogP) is 6.39. The van der Waals surface area contributed by atoms with E-state index in [9.17, 15) is 5.11 Å². The van der Waals surface area contributed by atoms with Gasteiger partial charge in [-0.1, -0.05) is 25.1 Å². The van der Waals surface area contributed by atoms with Gasteiger partial charge in [0.25, 0.3) is 0 Å². The maximum Gasteiger partial charge on any atom is 0.314 e. The van der Waals surface area contributed by atoms with Crippen molar-refractivity contribution in [1.29, 1.82) is 0 Å². The second-order valence-electron chi connectivity index (χ2n) is 11.3. The Labute approximate surface area is 201 Å². The normalized spacial score (nSPS) is 14.1. The molecule has 180 valence electrons. The number of hydrogen-bond acceptors (Lipinski definition) is 5. The number of fused-ring (bicyclic) bond motifs is 1. The monoisotopic (exact) mass is 501 g/mol. The van der Waals surface area contributed by atoms with Crippen molar-refractivity contribution in [2.75, 3.05) is 0 Å². The topological polar surface area (TPSA) is 69.4 Å². The average molecular weight is 502 g/mol. The summed E-state index contributed by atoms with van der Waals surface area (Å²) in [7, 11) is -5.86. The smallest absolute Gasteiger partial charge is 0.314 e. The van der Waals surface area contributed by atoms with Crippen molar-refractivity contribution in [2.45, 2.75) is 72.1 Å². The molecule has 0 amide bonds. The van der Waals surface area contributed by atoms with Gasteiger partial charge in [0.1, 0.15) is 22.5 Å². The van der Waals surface area contributed by atoms with E-state index in [0.717, 1.165) is 34.6 Å². The lowest BCUT2D eigenvalue weighted by atomic mass is 9.99. The summed E-state index contributed by atoms with van der Waals surface area (Å²) in [5.41, 5.74) is 4.22. The van der Waals surface area contributed by atoms with E-state index in [4.69, 9.17) is 8.23 Å². The second kappa shape index (κ2) is 9.46. The Balaban J connectivity index is 1.87. The van der Waals surface area contributed by atoms with Gasteiger partial charge in [-0.15, -0.1) is 15.0 Å². The van der Waals surface area contributed by atoms with Gasteiger partial charge >= 0.3 is 8.56 Å². The first-order chi connectivity index (χ1) is 15.1. The van der Waals surface area contributed by atoms with Gasteiger partial charge in [0, 0.05) is 0 Å². The summed E-state index contributed by atoms with van der Waals surface area (Å²) in [5, 5.41) is 20.3. The van der Waals surface area contributed by atoms with E-state index in [-0.39, 0.29) is 5.75 Å². The van der Waals surface area contributed by atoms with Crippen LogP contribution < -0.4 is 0 Å². The third-order valence-corrected chi connectivity index (χ3v) is 14.9. The largest absolute Gasteiger partial charge is 0.505 e.